The van der Waals surface area contributed by atoms with E-state index in [0.717, 1.165) is 36.2 Å². The van der Waals surface area contributed by atoms with Gasteiger partial charge in [0.1, 0.15) is 5.82 Å². The second kappa shape index (κ2) is 7.24. The van der Waals surface area contributed by atoms with Crippen molar-refractivity contribution >= 4 is 21.6 Å². The number of amides is 1. The smallest absolute Gasteiger partial charge is 0.256 e. The lowest BCUT2D eigenvalue weighted by Crippen LogP contribution is -2.16. The van der Waals surface area contributed by atoms with Gasteiger partial charge in [-0.05, 0) is 49.1 Å². The summed E-state index contributed by atoms with van der Waals surface area (Å²) in [6.45, 7) is 0. The lowest BCUT2D eigenvalue weighted by atomic mass is 10.1. The van der Waals surface area contributed by atoms with Crippen LogP contribution in [-0.2, 0) is 28.4 Å². The first-order valence-electron chi connectivity index (χ1n) is 9.15. The molecule has 1 heterocycles. The van der Waals surface area contributed by atoms with Gasteiger partial charge in [0, 0.05) is 17.4 Å². The Morgan fingerprint density at radius 2 is 1.89 bits per heavy atom. The van der Waals surface area contributed by atoms with Gasteiger partial charge < -0.3 is 5.32 Å². The van der Waals surface area contributed by atoms with Gasteiger partial charge >= 0.3 is 0 Å². The van der Waals surface area contributed by atoms with Gasteiger partial charge in [-0.1, -0.05) is 30.3 Å². The number of rotatable bonds is 5. The van der Waals surface area contributed by atoms with Crippen LogP contribution in [0.1, 0.15) is 33.6 Å². The van der Waals surface area contributed by atoms with Crippen molar-refractivity contribution in [1.29, 1.82) is 0 Å². The molecule has 1 amide bonds. The second-order valence-electron chi connectivity index (χ2n) is 7.10. The fourth-order valence-corrected chi connectivity index (χ4v) is 4.35. The van der Waals surface area contributed by atoms with Crippen LogP contribution in [0.5, 0.6) is 0 Å². The Labute approximate surface area is 164 Å². The molecule has 0 saturated heterocycles. The predicted molar refractivity (Wildman–Crippen MR) is 109 cm³/mol. The van der Waals surface area contributed by atoms with Gasteiger partial charge in [0.2, 0.25) is 0 Å². The van der Waals surface area contributed by atoms with E-state index in [-0.39, 0.29) is 11.7 Å². The Morgan fingerprint density at radius 1 is 1.11 bits per heavy atom. The van der Waals surface area contributed by atoms with E-state index in [1.807, 2.05) is 30.3 Å². The molecule has 1 aliphatic carbocycles. The zero-order chi connectivity index (χ0) is 19.7. The van der Waals surface area contributed by atoms with Crippen molar-refractivity contribution in [1.82, 2.24) is 9.78 Å². The summed E-state index contributed by atoms with van der Waals surface area (Å²) < 4.78 is 24.9. The summed E-state index contributed by atoms with van der Waals surface area (Å²) in [6, 6.07) is 16.4. The van der Waals surface area contributed by atoms with E-state index in [0.29, 0.717) is 16.9 Å². The van der Waals surface area contributed by atoms with Crippen LogP contribution < -0.4 is 5.32 Å². The third-order valence-corrected chi connectivity index (χ3v) is 5.62. The number of carbonyl (C=O) groups is 1. The van der Waals surface area contributed by atoms with Crippen LogP contribution in [0.2, 0.25) is 0 Å². The lowest BCUT2D eigenvalue weighted by Gasteiger charge is -2.11. The standard InChI is InChI=1S/C21H21N3O3S/c1-28(26,27)14-15-7-5-8-16(13-15)21(25)22-20-18-11-6-12-19(18)23-24(20)17-9-3-2-4-10-17/h2-5,7-10,13H,6,11-12,14H2,1H3,(H,22,25). The number of hydrogen-bond donors (Lipinski definition) is 1. The molecule has 28 heavy (non-hydrogen) atoms. The molecule has 2 aromatic carbocycles. The number of fused-ring (bicyclic) bond motifs is 1. The first kappa shape index (κ1) is 18.4. The van der Waals surface area contributed by atoms with Crippen molar-refractivity contribution in [2.45, 2.75) is 25.0 Å². The van der Waals surface area contributed by atoms with E-state index in [1.165, 1.54) is 6.26 Å². The van der Waals surface area contributed by atoms with Crippen LogP contribution in [0.15, 0.2) is 54.6 Å². The van der Waals surface area contributed by atoms with Gasteiger partial charge in [-0.3, -0.25) is 4.79 Å². The topological polar surface area (TPSA) is 81.1 Å². The molecule has 1 aliphatic rings. The SMILES string of the molecule is CS(=O)(=O)Cc1cccc(C(=O)Nc2c3c(nn2-c2ccccc2)CCC3)c1. The maximum absolute atomic E-state index is 12.9. The summed E-state index contributed by atoms with van der Waals surface area (Å²) in [4.78, 5) is 12.9. The number of hydrogen-bond acceptors (Lipinski definition) is 4. The Morgan fingerprint density at radius 3 is 2.64 bits per heavy atom. The monoisotopic (exact) mass is 395 g/mol. The molecule has 0 bridgehead atoms. The summed E-state index contributed by atoms with van der Waals surface area (Å²) in [7, 11) is -3.17. The molecular weight excluding hydrogens is 374 g/mol. The predicted octanol–water partition coefficient (Wildman–Crippen LogP) is 3.16. The Hall–Kier alpha value is -2.93. The Balaban J connectivity index is 1.66. The van der Waals surface area contributed by atoms with Gasteiger partial charge in [0.05, 0.1) is 17.1 Å². The molecule has 0 atom stereocenters. The number of nitrogens with zero attached hydrogens (tertiary/aromatic N) is 2. The number of aromatic nitrogens is 2. The molecule has 0 unspecified atom stereocenters. The minimum absolute atomic E-state index is 0.0918. The van der Waals surface area contributed by atoms with Crippen LogP contribution in [0.25, 0.3) is 5.69 Å². The van der Waals surface area contributed by atoms with E-state index >= 15 is 0 Å². The quantitative estimate of drug-likeness (QED) is 0.720. The highest BCUT2D eigenvalue weighted by molar-refractivity contribution is 7.89. The molecule has 0 aliphatic heterocycles. The molecule has 7 heteroatoms. The highest BCUT2D eigenvalue weighted by atomic mass is 32.2. The molecule has 0 spiro atoms. The Bertz CT molecular complexity index is 1130. The van der Waals surface area contributed by atoms with E-state index in [9.17, 15) is 13.2 Å². The maximum Gasteiger partial charge on any atom is 0.256 e. The minimum Gasteiger partial charge on any atom is -0.306 e. The molecular formula is C21H21N3O3S. The maximum atomic E-state index is 12.9. The second-order valence-corrected chi connectivity index (χ2v) is 9.24. The van der Waals surface area contributed by atoms with E-state index in [1.54, 1.807) is 28.9 Å². The summed E-state index contributed by atoms with van der Waals surface area (Å²) in [5.41, 5.74) is 4.00. The van der Waals surface area contributed by atoms with E-state index < -0.39 is 9.84 Å². The molecule has 0 saturated carbocycles. The van der Waals surface area contributed by atoms with Crippen molar-refractivity contribution in [3.63, 3.8) is 0 Å². The molecule has 0 fully saturated rings. The van der Waals surface area contributed by atoms with Gasteiger partial charge in [0.25, 0.3) is 5.91 Å². The van der Waals surface area contributed by atoms with Gasteiger partial charge in [-0.25, -0.2) is 13.1 Å². The fraction of sp³-hybridized carbons (Fsp3) is 0.238. The van der Waals surface area contributed by atoms with Crippen LogP contribution in [0, 0.1) is 0 Å². The van der Waals surface area contributed by atoms with Gasteiger partial charge in [0.15, 0.2) is 9.84 Å². The van der Waals surface area contributed by atoms with Crippen LogP contribution >= 0.6 is 0 Å². The molecule has 3 aromatic rings. The number of aryl methyl sites for hydroxylation is 1. The summed E-state index contributed by atoms with van der Waals surface area (Å²) in [5, 5.41) is 7.70. The number of carbonyl (C=O) groups excluding carboxylic acids is 1. The molecule has 144 valence electrons. The number of para-hydroxylation sites is 1. The lowest BCUT2D eigenvalue weighted by molar-refractivity contribution is 0.102. The third kappa shape index (κ3) is 3.84. The van der Waals surface area contributed by atoms with Crippen molar-refractivity contribution in [2.75, 3.05) is 11.6 Å². The molecule has 1 N–H and O–H groups in total. The number of anilines is 1. The zero-order valence-electron chi connectivity index (χ0n) is 15.6. The average Bonchev–Trinajstić information content (AvgIpc) is 3.24. The molecule has 6 nitrogen and oxygen atoms in total. The molecule has 1 aromatic heterocycles. The zero-order valence-corrected chi connectivity index (χ0v) is 16.4. The average molecular weight is 395 g/mol. The number of sulfone groups is 1. The highest BCUT2D eigenvalue weighted by Gasteiger charge is 2.24. The van der Waals surface area contributed by atoms with E-state index in [2.05, 4.69) is 5.32 Å². The number of benzene rings is 2. The molecule has 4 rings (SSSR count). The third-order valence-electron chi connectivity index (χ3n) is 4.76. The van der Waals surface area contributed by atoms with Crippen molar-refractivity contribution in [3.05, 3.63) is 77.0 Å². The fourth-order valence-electron chi connectivity index (χ4n) is 3.56. The van der Waals surface area contributed by atoms with Gasteiger partial charge in [-0.15, -0.1) is 0 Å². The highest BCUT2D eigenvalue weighted by Crippen LogP contribution is 2.31. The molecule has 0 radical (unpaired) electrons. The van der Waals surface area contributed by atoms with Crippen LogP contribution in [0.4, 0.5) is 5.82 Å². The summed E-state index contributed by atoms with van der Waals surface area (Å²) in [5.74, 6) is 0.324. The first-order valence-corrected chi connectivity index (χ1v) is 11.2. The van der Waals surface area contributed by atoms with Crippen molar-refractivity contribution in [3.8, 4) is 5.69 Å². The number of nitrogens with one attached hydrogen (secondary N) is 1. The largest absolute Gasteiger partial charge is 0.306 e. The van der Waals surface area contributed by atoms with Crippen LogP contribution in [-0.4, -0.2) is 30.4 Å². The normalized spacial score (nSPS) is 13.3. The van der Waals surface area contributed by atoms with Crippen molar-refractivity contribution < 1.29 is 13.2 Å². The van der Waals surface area contributed by atoms with Crippen molar-refractivity contribution in [2.24, 2.45) is 0 Å². The van der Waals surface area contributed by atoms with E-state index in [4.69, 9.17) is 5.10 Å². The minimum atomic E-state index is -3.17. The Kier molecular flexibility index (Phi) is 4.77. The van der Waals surface area contributed by atoms with Gasteiger partial charge in [-0.2, -0.15) is 5.10 Å². The summed E-state index contributed by atoms with van der Waals surface area (Å²) >= 11 is 0. The first-order chi connectivity index (χ1) is 13.4. The van der Waals surface area contributed by atoms with Crippen LogP contribution in [0.3, 0.4) is 0 Å². The summed E-state index contributed by atoms with van der Waals surface area (Å²) in [6.07, 6.45) is 4.00.